The fraction of sp³-hybridized carbons (Fsp3) is 0.733. The van der Waals surface area contributed by atoms with E-state index in [0.717, 1.165) is 6.61 Å². The van der Waals surface area contributed by atoms with Gasteiger partial charge in [0.05, 0.1) is 0 Å². The quantitative estimate of drug-likeness (QED) is 0.110. The van der Waals surface area contributed by atoms with Crippen LogP contribution in [0.4, 0.5) is 0 Å². The van der Waals surface area contributed by atoms with E-state index in [-0.39, 0.29) is 0 Å². The van der Waals surface area contributed by atoms with E-state index < -0.39 is 18.4 Å². The van der Waals surface area contributed by atoms with Gasteiger partial charge in [0.25, 0.3) is 0 Å². The van der Waals surface area contributed by atoms with Crippen LogP contribution >= 0.6 is 0 Å². The fourth-order valence-electron chi connectivity index (χ4n) is 4.66. The molecule has 0 N–H and O–H groups in total. The standard InChI is InChI=1S/C18H27O.3C4H9.Sn/c1-3-5-6-7-8-12-15-18(4-2)19-16-17-13-10-9-11-14-17;3*1-3-4-2;/h2,4,9-11,13-14,18H,3,5-8,12,15-16H2,1H3;3*1,3-4H2,2H3;. The minimum atomic E-state index is -2.24. The Morgan fingerprint density at radius 2 is 1.22 bits per heavy atom. The second kappa shape index (κ2) is 20.1. The van der Waals surface area contributed by atoms with Gasteiger partial charge in [-0.1, -0.05) is 0 Å². The normalized spacial score (nSPS) is 13.1. The van der Waals surface area contributed by atoms with E-state index in [4.69, 9.17) is 4.74 Å². The van der Waals surface area contributed by atoms with Crippen LogP contribution in [0.15, 0.2) is 40.5 Å². The Bertz CT molecular complexity index is 531. The summed E-state index contributed by atoms with van der Waals surface area (Å²) in [6.07, 6.45) is 20.5. The van der Waals surface area contributed by atoms with Crippen molar-refractivity contribution >= 4 is 18.4 Å². The number of hydrogen-bond donors (Lipinski definition) is 0. The topological polar surface area (TPSA) is 9.23 Å². The van der Waals surface area contributed by atoms with Gasteiger partial charge in [-0.3, -0.25) is 0 Å². The summed E-state index contributed by atoms with van der Waals surface area (Å²) >= 11 is -2.24. The third kappa shape index (κ3) is 14.1. The molecule has 1 atom stereocenters. The summed E-state index contributed by atoms with van der Waals surface area (Å²) in [5.41, 5.74) is 1.30. The monoisotopic (exact) mass is 550 g/mol. The van der Waals surface area contributed by atoms with Gasteiger partial charge >= 0.3 is 206 Å². The van der Waals surface area contributed by atoms with Gasteiger partial charge < -0.3 is 0 Å². The van der Waals surface area contributed by atoms with Crippen LogP contribution in [0, 0.1) is 0 Å². The molecule has 0 saturated heterocycles. The van der Waals surface area contributed by atoms with Gasteiger partial charge in [0.1, 0.15) is 0 Å². The molecule has 0 radical (unpaired) electrons. The first-order chi connectivity index (χ1) is 15.7. The molecule has 2 heteroatoms. The molecule has 0 bridgehead atoms. The van der Waals surface area contributed by atoms with Crippen LogP contribution < -0.4 is 0 Å². The van der Waals surface area contributed by atoms with Crippen LogP contribution in [0.1, 0.15) is 117 Å². The zero-order chi connectivity index (χ0) is 23.3. The van der Waals surface area contributed by atoms with E-state index in [1.807, 2.05) is 0 Å². The fourth-order valence-corrected chi connectivity index (χ4v) is 19.1. The van der Waals surface area contributed by atoms with Crippen molar-refractivity contribution in [2.24, 2.45) is 0 Å². The summed E-state index contributed by atoms with van der Waals surface area (Å²) in [6, 6.07) is 10.7. The average molecular weight is 549 g/mol. The Hall–Kier alpha value is -0.281. The van der Waals surface area contributed by atoms with Crippen LogP contribution in [-0.4, -0.2) is 24.5 Å². The van der Waals surface area contributed by atoms with E-state index in [0.29, 0.717) is 6.10 Å². The van der Waals surface area contributed by atoms with Gasteiger partial charge in [-0.05, 0) is 0 Å². The number of rotatable bonds is 21. The molecule has 0 saturated carbocycles. The second-order valence-corrected chi connectivity index (χ2v) is 22.9. The van der Waals surface area contributed by atoms with Crippen molar-refractivity contribution in [3.05, 3.63) is 46.1 Å². The SMILES string of the molecule is CCCCCCCCC(/C=[CH]\[Sn]([CH2]CCC)([CH2]CCC)[CH2]CCC)OCc1ccccc1. The van der Waals surface area contributed by atoms with Gasteiger partial charge in [0, 0.05) is 0 Å². The van der Waals surface area contributed by atoms with E-state index >= 15 is 0 Å². The van der Waals surface area contributed by atoms with Crippen molar-refractivity contribution in [1.82, 2.24) is 0 Å². The van der Waals surface area contributed by atoms with E-state index in [1.54, 1.807) is 13.3 Å². The first kappa shape index (κ1) is 29.8. The van der Waals surface area contributed by atoms with Gasteiger partial charge in [0.2, 0.25) is 0 Å². The predicted molar refractivity (Wildman–Crippen MR) is 147 cm³/mol. The van der Waals surface area contributed by atoms with Gasteiger partial charge in [-0.25, -0.2) is 0 Å². The second-order valence-electron chi connectivity index (χ2n) is 9.92. The number of ether oxygens (including phenoxy) is 1. The summed E-state index contributed by atoms with van der Waals surface area (Å²) < 4.78 is 14.0. The Morgan fingerprint density at radius 1 is 0.688 bits per heavy atom. The summed E-state index contributed by atoms with van der Waals surface area (Å²) in [5, 5.41) is 0. The third-order valence-electron chi connectivity index (χ3n) is 6.90. The van der Waals surface area contributed by atoms with Crippen molar-refractivity contribution in [3.8, 4) is 0 Å². The summed E-state index contributed by atoms with van der Waals surface area (Å²) in [4.78, 5) is 0. The molecule has 0 amide bonds. The molecule has 0 aliphatic carbocycles. The molecular weight excluding hydrogens is 495 g/mol. The molecule has 32 heavy (non-hydrogen) atoms. The van der Waals surface area contributed by atoms with E-state index in [2.05, 4.69) is 68.2 Å². The first-order valence-electron chi connectivity index (χ1n) is 14.0. The molecule has 184 valence electrons. The number of hydrogen-bond acceptors (Lipinski definition) is 1. The molecule has 0 aliphatic heterocycles. The van der Waals surface area contributed by atoms with Crippen LogP contribution in [0.25, 0.3) is 0 Å². The Kier molecular flexibility index (Phi) is 18.7. The van der Waals surface area contributed by atoms with Crippen molar-refractivity contribution in [2.75, 3.05) is 0 Å². The molecule has 0 aliphatic rings. The Morgan fingerprint density at radius 3 is 1.78 bits per heavy atom. The molecule has 1 unspecified atom stereocenters. The predicted octanol–water partition coefficient (Wildman–Crippen LogP) is 10.3. The summed E-state index contributed by atoms with van der Waals surface area (Å²) in [5.74, 6) is 0. The van der Waals surface area contributed by atoms with Crippen molar-refractivity contribution < 1.29 is 4.74 Å². The Balaban J connectivity index is 2.84. The van der Waals surface area contributed by atoms with Crippen LogP contribution in [0.2, 0.25) is 13.3 Å². The van der Waals surface area contributed by atoms with Gasteiger partial charge in [-0.15, -0.1) is 0 Å². The van der Waals surface area contributed by atoms with Crippen molar-refractivity contribution in [2.45, 2.75) is 137 Å². The molecule has 0 spiro atoms. The van der Waals surface area contributed by atoms with Crippen molar-refractivity contribution in [3.63, 3.8) is 0 Å². The zero-order valence-electron chi connectivity index (χ0n) is 22.0. The van der Waals surface area contributed by atoms with Crippen molar-refractivity contribution in [1.29, 1.82) is 0 Å². The summed E-state index contributed by atoms with van der Waals surface area (Å²) in [6.45, 7) is 10.1. The maximum absolute atomic E-state index is 6.51. The van der Waals surface area contributed by atoms with Crippen LogP contribution in [-0.2, 0) is 11.3 Å². The number of benzene rings is 1. The molecule has 1 aromatic rings. The van der Waals surface area contributed by atoms with Crippen LogP contribution in [0.5, 0.6) is 0 Å². The van der Waals surface area contributed by atoms with E-state index in [1.165, 1.54) is 89.0 Å². The van der Waals surface area contributed by atoms with Gasteiger partial charge in [-0.2, -0.15) is 0 Å². The molecule has 1 nitrogen and oxygen atoms in total. The molecule has 0 aromatic heterocycles. The maximum atomic E-state index is 6.51. The van der Waals surface area contributed by atoms with Gasteiger partial charge in [0.15, 0.2) is 0 Å². The minimum absolute atomic E-state index is 0.294. The summed E-state index contributed by atoms with van der Waals surface area (Å²) in [7, 11) is 0. The molecule has 1 rings (SSSR count). The molecule has 0 heterocycles. The first-order valence-corrected chi connectivity index (χ1v) is 21.7. The average Bonchev–Trinajstić information content (AvgIpc) is 2.83. The van der Waals surface area contributed by atoms with Crippen LogP contribution in [0.3, 0.4) is 0 Å². The molecular formula is C30H54OSn. The molecule has 1 aromatic carbocycles. The Labute approximate surface area is 205 Å². The molecule has 0 fully saturated rings. The third-order valence-corrected chi connectivity index (χ3v) is 21.0. The number of unbranched alkanes of at least 4 members (excludes halogenated alkanes) is 8. The van der Waals surface area contributed by atoms with E-state index in [9.17, 15) is 0 Å². The zero-order valence-corrected chi connectivity index (χ0v) is 24.9.